The summed E-state index contributed by atoms with van der Waals surface area (Å²) in [6, 6.07) is 9.00. The fourth-order valence-corrected chi connectivity index (χ4v) is 4.95. The molecule has 6 nitrogen and oxygen atoms in total. The molecule has 0 saturated carbocycles. The summed E-state index contributed by atoms with van der Waals surface area (Å²) in [4.78, 5) is 32.1. The van der Waals surface area contributed by atoms with E-state index in [4.69, 9.17) is 0 Å². The topological polar surface area (TPSA) is 67.2 Å². The lowest BCUT2D eigenvalue weighted by atomic mass is 9.84. The molecule has 1 atom stereocenters. The number of benzene rings is 1. The van der Waals surface area contributed by atoms with E-state index in [2.05, 4.69) is 15.2 Å². The van der Waals surface area contributed by atoms with Gasteiger partial charge < -0.3 is 10.2 Å². The number of nitrogens with zero attached hydrogens (tertiary/aromatic N) is 3. The summed E-state index contributed by atoms with van der Waals surface area (Å²) >= 11 is 1.53. The van der Waals surface area contributed by atoms with Crippen LogP contribution in [0, 0.1) is 5.92 Å². The van der Waals surface area contributed by atoms with Gasteiger partial charge in [-0.3, -0.25) is 14.2 Å². The Bertz CT molecular complexity index is 1070. The number of thiazole rings is 1. The molecule has 1 N–H and O–H groups in total. The number of carbonyl (C=O) groups excluding carboxylic acids is 1. The lowest BCUT2D eigenvalue weighted by Gasteiger charge is -2.44. The molecule has 2 bridgehead atoms. The monoisotopic (exact) mass is 380 g/mol. The molecule has 3 saturated heterocycles. The van der Waals surface area contributed by atoms with E-state index in [1.807, 2.05) is 18.2 Å². The van der Waals surface area contributed by atoms with Crippen LogP contribution >= 0.6 is 11.3 Å². The quantitative estimate of drug-likeness (QED) is 0.757. The molecule has 1 aromatic carbocycles. The van der Waals surface area contributed by atoms with Crippen molar-refractivity contribution in [3.05, 3.63) is 58.0 Å². The number of aromatic nitrogens is 2. The molecular formula is C20H20N4O2S. The number of fused-ring (bicyclic) bond motifs is 4. The first-order chi connectivity index (χ1) is 13.2. The van der Waals surface area contributed by atoms with Crippen molar-refractivity contribution < 1.29 is 4.79 Å². The minimum atomic E-state index is -0.171. The molecule has 1 amide bonds. The average Bonchev–Trinajstić information content (AvgIpc) is 3.18. The Morgan fingerprint density at radius 1 is 1.19 bits per heavy atom. The summed E-state index contributed by atoms with van der Waals surface area (Å²) in [5, 5.41) is 3.19. The molecule has 3 aliphatic heterocycles. The van der Waals surface area contributed by atoms with Crippen LogP contribution in [0.5, 0.6) is 0 Å². The van der Waals surface area contributed by atoms with Crippen molar-refractivity contribution >= 4 is 27.5 Å². The van der Waals surface area contributed by atoms with Gasteiger partial charge in [-0.15, -0.1) is 11.3 Å². The maximum absolute atomic E-state index is 12.8. The van der Waals surface area contributed by atoms with Crippen LogP contribution in [0.15, 0.2) is 46.8 Å². The molecule has 0 spiro atoms. The second-order valence-electron chi connectivity index (χ2n) is 7.32. The number of hydrogen-bond acceptors (Lipinski definition) is 5. The Hall–Kier alpha value is -2.51. The highest BCUT2D eigenvalue weighted by molar-refractivity contribution is 7.16. The van der Waals surface area contributed by atoms with Gasteiger partial charge in [0.1, 0.15) is 5.52 Å². The highest BCUT2D eigenvalue weighted by Gasteiger charge is 2.35. The number of amides is 1. The van der Waals surface area contributed by atoms with E-state index < -0.39 is 0 Å². The minimum Gasteiger partial charge on any atom is -0.348 e. The van der Waals surface area contributed by atoms with Crippen molar-refractivity contribution in [3.63, 3.8) is 0 Å². The molecule has 138 valence electrons. The van der Waals surface area contributed by atoms with E-state index in [9.17, 15) is 9.59 Å². The van der Waals surface area contributed by atoms with Crippen LogP contribution in [0.2, 0.25) is 0 Å². The Balaban J connectivity index is 1.46. The first-order valence-electron chi connectivity index (χ1n) is 9.27. The van der Waals surface area contributed by atoms with Crippen LogP contribution in [0.25, 0.3) is 15.9 Å². The van der Waals surface area contributed by atoms with Gasteiger partial charge in [0.05, 0.1) is 21.5 Å². The van der Waals surface area contributed by atoms with E-state index in [0.717, 1.165) is 42.7 Å². The largest absolute Gasteiger partial charge is 0.348 e. The van der Waals surface area contributed by atoms with E-state index in [1.54, 1.807) is 17.8 Å². The van der Waals surface area contributed by atoms with Crippen LogP contribution in [-0.2, 0) is 0 Å². The summed E-state index contributed by atoms with van der Waals surface area (Å²) in [6.07, 6.45) is 3.93. The van der Waals surface area contributed by atoms with E-state index in [-0.39, 0.29) is 17.5 Å². The number of pyridine rings is 1. The Morgan fingerprint density at radius 3 is 2.81 bits per heavy atom. The molecule has 7 heteroatoms. The zero-order valence-corrected chi connectivity index (χ0v) is 15.6. The Labute approximate surface area is 160 Å². The summed E-state index contributed by atoms with van der Waals surface area (Å²) < 4.78 is 2.54. The number of hydrogen-bond donors (Lipinski definition) is 1. The van der Waals surface area contributed by atoms with Gasteiger partial charge in [0.25, 0.3) is 11.5 Å². The number of piperidine rings is 3. The smallest absolute Gasteiger partial charge is 0.255 e. The van der Waals surface area contributed by atoms with Crippen LogP contribution in [-0.4, -0.2) is 46.0 Å². The van der Waals surface area contributed by atoms with Gasteiger partial charge in [0.2, 0.25) is 0 Å². The average molecular weight is 380 g/mol. The zero-order chi connectivity index (χ0) is 18.4. The molecule has 0 aliphatic carbocycles. The van der Waals surface area contributed by atoms with E-state index in [0.29, 0.717) is 17.2 Å². The van der Waals surface area contributed by atoms with Gasteiger partial charge in [-0.05, 0) is 50.0 Å². The lowest BCUT2D eigenvalue weighted by molar-refractivity contribution is 0.0620. The molecule has 2 aromatic heterocycles. The molecular weight excluding hydrogens is 360 g/mol. The number of rotatable bonds is 3. The van der Waals surface area contributed by atoms with Crippen molar-refractivity contribution in [2.45, 2.75) is 18.9 Å². The number of para-hydroxylation sites is 1. The van der Waals surface area contributed by atoms with Gasteiger partial charge in [0, 0.05) is 24.8 Å². The summed E-state index contributed by atoms with van der Waals surface area (Å²) in [5.74, 6) is 0.446. The van der Waals surface area contributed by atoms with Crippen LogP contribution in [0.1, 0.15) is 23.2 Å². The van der Waals surface area contributed by atoms with Gasteiger partial charge in [-0.2, -0.15) is 0 Å². The molecule has 5 heterocycles. The van der Waals surface area contributed by atoms with Crippen LogP contribution in [0.3, 0.4) is 0 Å². The highest BCUT2D eigenvalue weighted by atomic mass is 32.1. The second-order valence-corrected chi connectivity index (χ2v) is 8.21. The lowest BCUT2D eigenvalue weighted by Crippen LogP contribution is -2.57. The molecule has 6 rings (SSSR count). The molecule has 0 radical (unpaired) electrons. The van der Waals surface area contributed by atoms with Gasteiger partial charge in [-0.25, -0.2) is 4.98 Å². The number of nitrogens with one attached hydrogen (secondary N) is 1. The third-order valence-corrected chi connectivity index (χ3v) is 6.54. The fourth-order valence-electron chi connectivity index (χ4n) is 4.26. The highest BCUT2D eigenvalue weighted by Crippen LogP contribution is 2.28. The van der Waals surface area contributed by atoms with Gasteiger partial charge in [0.15, 0.2) is 0 Å². The Morgan fingerprint density at radius 2 is 2.04 bits per heavy atom. The molecule has 3 aliphatic rings. The van der Waals surface area contributed by atoms with Gasteiger partial charge in [-0.1, -0.05) is 6.07 Å². The summed E-state index contributed by atoms with van der Waals surface area (Å²) in [7, 11) is 0. The maximum atomic E-state index is 12.8. The van der Waals surface area contributed by atoms with Crippen molar-refractivity contribution in [1.29, 1.82) is 0 Å². The molecule has 3 fully saturated rings. The van der Waals surface area contributed by atoms with E-state index in [1.165, 1.54) is 22.0 Å². The van der Waals surface area contributed by atoms with Crippen LogP contribution in [0.4, 0.5) is 0 Å². The van der Waals surface area contributed by atoms with Crippen LogP contribution < -0.4 is 10.9 Å². The normalized spacial score (nSPS) is 24.2. The van der Waals surface area contributed by atoms with Gasteiger partial charge >= 0.3 is 0 Å². The predicted octanol–water partition coefficient (Wildman–Crippen LogP) is 2.27. The van der Waals surface area contributed by atoms with Crippen molar-refractivity contribution in [2.75, 3.05) is 19.6 Å². The fraction of sp³-hybridized carbons (Fsp3) is 0.350. The molecule has 27 heavy (non-hydrogen) atoms. The molecule has 1 unspecified atom stereocenters. The Kier molecular flexibility index (Phi) is 4.06. The summed E-state index contributed by atoms with van der Waals surface area (Å²) in [6.45, 7) is 3.20. The van der Waals surface area contributed by atoms with E-state index >= 15 is 0 Å². The standard InChI is InChI=1S/C20H20N4O2S/c25-18-5-4-14(20(26)22-15-11-23-8-6-13(15)7-9-23)10-24(18)16-2-1-3-17-19(16)21-12-27-17/h1-5,10,12-13,15H,6-9,11H2,(H,22,26). The predicted molar refractivity (Wildman–Crippen MR) is 106 cm³/mol. The summed E-state index contributed by atoms with van der Waals surface area (Å²) in [5.41, 5.74) is 3.58. The molecule has 3 aromatic rings. The van der Waals surface area contributed by atoms with Crippen molar-refractivity contribution in [2.24, 2.45) is 5.92 Å². The first kappa shape index (κ1) is 16.6. The van der Waals surface area contributed by atoms with Crippen molar-refractivity contribution in [3.8, 4) is 5.69 Å². The minimum absolute atomic E-state index is 0.118. The first-order valence-corrected chi connectivity index (χ1v) is 10.2. The van der Waals surface area contributed by atoms with Crippen molar-refractivity contribution in [1.82, 2.24) is 19.8 Å². The third-order valence-electron chi connectivity index (χ3n) is 5.74. The maximum Gasteiger partial charge on any atom is 0.255 e. The SMILES string of the molecule is O=C(NC1CN2CCC1CC2)c1ccc(=O)n(-c2cccc3scnc23)c1. The third kappa shape index (κ3) is 2.96. The second kappa shape index (κ2) is 6.58. The number of carbonyl (C=O) groups is 1. The zero-order valence-electron chi connectivity index (χ0n) is 14.8.